The molecule has 1 atom stereocenters. The number of hydrogen-bond donors (Lipinski definition) is 2. The molecule has 1 saturated heterocycles. The maximum atomic E-state index is 12.1. The summed E-state index contributed by atoms with van der Waals surface area (Å²) in [5.74, 6) is 1.60. The molecule has 3 rings (SSSR count). The van der Waals surface area contributed by atoms with Gasteiger partial charge in [-0.25, -0.2) is 0 Å². The van der Waals surface area contributed by atoms with Gasteiger partial charge < -0.3 is 15.4 Å². The molecule has 21 heavy (non-hydrogen) atoms. The Balaban J connectivity index is 0.00000161. The van der Waals surface area contributed by atoms with Crippen LogP contribution in [0.4, 0.5) is 5.69 Å². The van der Waals surface area contributed by atoms with Gasteiger partial charge in [0.15, 0.2) is 0 Å². The molecule has 4 nitrogen and oxygen atoms in total. The van der Waals surface area contributed by atoms with Gasteiger partial charge in [0.1, 0.15) is 11.9 Å². The van der Waals surface area contributed by atoms with Crippen molar-refractivity contribution in [3.05, 3.63) is 23.8 Å². The third kappa shape index (κ3) is 4.11. The number of ether oxygens (including phenoxy) is 1. The van der Waals surface area contributed by atoms with Crippen molar-refractivity contribution in [3.8, 4) is 5.75 Å². The van der Waals surface area contributed by atoms with Crippen LogP contribution in [0.2, 0.25) is 0 Å². The van der Waals surface area contributed by atoms with E-state index in [1.165, 1.54) is 5.56 Å². The Labute approximate surface area is 132 Å². The van der Waals surface area contributed by atoms with Gasteiger partial charge >= 0.3 is 0 Å². The molecular weight excluding hydrogens is 288 g/mol. The summed E-state index contributed by atoms with van der Waals surface area (Å²) in [7, 11) is 0. The number of hydrogen-bond acceptors (Lipinski definition) is 3. The van der Waals surface area contributed by atoms with Crippen molar-refractivity contribution in [1.82, 2.24) is 5.32 Å². The average Bonchev–Trinajstić information content (AvgIpc) is 2.79. The number of piperidine rings is 1. The van der Waals surface area contributed by atoms with Crippen LogP contribution in [0.25, 0.3) is 0 Å². The van der Waals surface area contributed by atoms with E-state index in [9.17, 15) is 4.79 Å². The quantitative estimate of drug-likeness (QED) is 0.902. The van der Waals surface area contributed by atoms with Gasteiger partial charge in [-0.3, -0.25) is 4.79 Å². The molecular formula is C16H23ClN2O2. The third-order valence-corrected chi connectivity index (χ3v) is 4.11. The Bertz CT molecular complexity index is 501. The van der Waals surface area contributed by atoms with E-state index in [1.54, 1.807) is 0 Å². The van der Waals surface area contributed by atoms with Gasteiger partial charge in [0, 0.05) is 18.5 Å². The molecule has 2 aliphatic rings. The second-order valence-corrected chi connectivity index (χ2v) is 5.90. The fourth-order valence-electron chi connectivity index (χ4n) is 3.06. The monoisotopic (exact) mass is 310 g/mol. The van der Waals surface area contributed by atoms with Gasteiger partial charge in [-0.1, -0.05) is 0 Å². The Morgan fingerprint density at radius 2 is 2.14 bits per heavy atom. The maximum Gasteiger partial charge on any atom is 0.224 e. The van der Waals surface area contributed by atoms with E-state index in [-0.39, 0.29) is 24.4 Å². The van der Waals surface area contributed by atoms with Crippen molar-refractivity contribution in [2.24, 2.45) is 5.92 Å². The zero-order valence-corrected chi connectivity index (χ0v) is 13.2. The number of rotatable bonds is 3. The highest BCUT2D eigenvalue weighted by Gasteiger charge is 2.20. The van der Waals surface area contributed by atoms with Crippen LogP contribution in [0.15, 0.2) is 18.2 Å². The third-order valence-electron chi connectivity index (χ3n) is 4.11. The first-order chi connectivity index (χ1) is 9.70. The number of carbonyl (C=O) groups is 1. The predicted molar refractivity (Wildman–Crippen MR) is 86.3 cm³/mol. The summed E-state index contributed by atoms with van der Waals surface area (Å²) in [5, 5.41) is 6.34. The lowest BCUT2D eigenvalue weighted by molar-refractivity contribution is -0.117. The molecule has 0 aromatic heterocycles. The zero-order chi connectivity index (χ0) is 13.9. The van der Waals surface area contributed by atoms with E-state index in [1.807, 2.05) is 18.2 Å². The van der Waals surface area contributed by atoms with Crippen molar-refractivity contribution >= 4 is 24.0 Å². The fraction of sp³-hybridized carbons (Fsp3) is 0.562. The van der Waals surface area contributed by atoms with Crippen molar-refractivity contribution in [2.75, 3.05) is 18.4 Å². The molecule has 2 N–H and O–H groups in total. The normalized spacial score (nSPS) is 21.1. The lowest BCUT2D eigenvalue weighted by Gasteiger charge is -2.21. The number of nitrogens with one attached hydrogen (secondary N) is 2. The van der Waals surface area contributed by atoms with Crippen molar-refractivity contribution in [2.45, 2.75) is 38.7 Å². The SMILES string of the molecule is CC1Cc2cc(NC(=O)CC3CCNCC3)ccc2O1.Cl. The molecule has 0 aliphatic carbocycles. The Morgan fingerprint density at radius 1 is 1.38 bits per heavy atom. The molecule has 0 saturated carbocycles. The molecule has 116 valence electrons. The summed E-state index contributed by atoms with van der Waals surface area (Å²) in [6.07, 6.45) is 4.00. The highest BCUT2D eigenvalue weighted by molar-refractivity contribution is 5.91. The van der Waals surface area contributed by atoms with Crippen LogP contribution in [-0.4, -0.2) is 25.1 Å². The van der Waals surface area contributed by atoms with E-state index in [4.69, 9.17) is 4.74 Å². The van der Waals surface area contributed by atoms with Gasteiger partial charge in [-0.2, -0.15) is 0 Å². The maximum absolute atomic E-state index is 12.1. The van der Waals surface area contributed by atoms with Gasteiger partial charge in [0.05, 0.1) is 0 Å². The number of benzene rings is 1. The molecule has 0 bridgehead atoms. The van der Waals surface area contributed by atoms with E-state index in [2.05, 4.69) is 17.6 Å². The van der Waals surface area contributed by atoms with Crippen LogP contribution in [0.3, 0.4) is 0 Å². The topological polar surface area (TPSA) is 50.4 Å². The van der Waals surface area contributed by atoms with Crippen LogP contribution >= 0.6 is 12.4 Å². The summed E-state index contributed by atoms with van der Waals surface area (Å²) >= 11 is 0. The summed E-state index contributed by atoms with van der Waals surface area (Å²) in [4.78, 5) is 12.1. The first kappa shape index (κ1) is 16.1. The second-order valence-electron chi connectivity index (χ2n) is 5.90. The van der Waals surface area contributed by atoms with Crippen LogP contribution in [0.5, 0.6) is 5.75 Å². The minimum atomic E-state index is 0. The first-order valence-electron chi connectivity index (χ1n) is 7.51. The molecule has 1 unspecified atom stereocenters. The van der Waals surface area contributed by atoms with E-state index >= 15 is 0 Å². The van der Waals surface area contributed by atoms with Crippen LogP contribution < -0.4 is 15.4 Å². The van der Waals surface area contributed by atoms with Gasteiger partial charge in [-0.15, -0.1) is 12.4 Å². The molecule has 1 amide bonds. The van der Waals surface area contributed by atoms with E-state index in [0.29, 0.717) is 12.3 Å². The number of amides is 1. The average molecular weight is 311 g/mol. The molecule has 0 spiro atoms. The van der Waals surface area contributed by atoms with Crippen LogP contribution in [0, 0.1) is 5.92 Å². The predicted octanol–water partition coefficient (Wildman–Crippen LogP) is 2.76. The minimum Gasteiger partial charge on any atom is -0.490 e. The summed E-state index contributed by atoms with van der Waals surface area (Å²) in [6, 6.07) is 5.93. The van der Waals surface area contributed by atoms with E-state index in [0.717, 1.165) is 43.8 Å². The van der Waals surface area contributed by atoms with E-state index < -0.39 is 0 Å². The molecule has 2 aliphatic heterocycles. The molecule has 2 heterocycles. The Morgan fingerprint density at radius 3 is 2.90 bits per heavy atom. The standard InChI is InChI=1S/C16H22N2O2.ClH/c1-11-8-13-10-14(2-3-15(13)20-11)18-16(19)9-12-4-6-17-7-5-12;/h2-3,10-12,17H,4-9H2,1H3,(H,18,19);1H. The summed E-state index contributed by atoms with van der Waals surface area (Å²) < 4.78 is 5.67. The zero-order valence-electron chi connectivity index (χ0n) is 12.4. The Kier molecular flexibility index (Phi) is 5.48. The largest absolute Gasteiger partial charge is 0.490 e. The molecule has 5 heteroatoms. The number of anilines is 1. The Hall–Kier alpha value is -1.26. The highest BCUT2D eigenvalue weighted by atomic mass is 35.5. The van der Waals surface area contributed by atoms with Crippen LogP contribution in [-0.2, 0) is 11.2 Å². The molecule has 1 aromatic carbocycles. The lowest BCUT2D eigenvalue weighted by atomic mass is 9.94. The van der Waals surface area contributed by atoms with Crippen molar-refractivity contribution in [3.63, 3.8) is 0 Å². The summed E-state index contributed by atoms with van der Waals surface area (Å²) in [6.45, 7) is 4.13. The van der Waals surface area contributed by atoms with Gasteiger partial charge in [0.25, 0.3) is 0 Å². The van der Waals surface area contributed by atoms with Gasteiger partial charge in [-0.05, 0) is 62.5 Å². The molecule has 1 aromatic rings. The van der Waals surface area contributed by atoms with Crippen LogP contribution in [0.1, 0.15) is 31.7 Å². The minimum absolute atomic E-state index is 0. The van der Waals surface area contributed by atoms with Crippen molar-refractivity contribution in [1.29, 1.82) is 0 Å². The number of halogens is 1. The molecule has 1 fully saturated rings. The number of carbonyl (C=O) groups excluding carboxylic acids is 1. The smallest absolute Gasteiger partial charge is 0.224 e. The highest BCUT2D eigenvalue weighted by Crippen LogP contribution is 2.31. The second kappa shape index (κ2) is 7.14. The first-order valence-corrected chi connectivity index (χ1v) is 7.51. The molecule has 0 radical (unpaired) electrons. The number of fused-ring (bicyclic) bond motifs is 1. The fourth-order valence-corrected chi connectivity index (χ4v) is 3.06. The van der Waals surface area contributed by atoms with Crippen molar-refractivity contribution < 1.29 is 9.53 Å². The van der Waals surface area contributed by atoms with Gasteiger partial charge in [0.2, 0.25) is 5.91 Å². The summed E-state index contributed by atoms with van der Waals surface area (Å²) in [5.41, 5.74) is 2.08. The lowest BCUT2D eigenvalue weighted by Crippen LogP contribution is -2.30.